The first-order valence-corrected chi connectivity index (χ1v) is 7.56. The number of esters is 1. The maximum atomic E-state index is 12.0. The second kappa shape index (κ2) is 5.89. The van der Waals surface area contributed by atoms with Crippen molar-refractivity contribution in [1.82, 2.24) is 4.98 Å². The third-order valence-electron chi connectivity index (χ3n) is 4.12. The van der Waals surface area contributed by atoms with Crippen LogP contribution in [-0.2, 0) is 28.0 Å². The quantitative estimate of drug-likeness (QED) is 0.884. The fourth-order valence-electron chi connectivity index (χ4n) is 3.15. The van der Waals surface area contributed by atoms with Crippen molar-refractivity contribution < 1.29 is 14.6 Å². The van der Waals surface area contributed by atoms with Gasteiger partial charge in [0.05, 0.1) is 18.7 Å². The maximum Gasteiger partial charge on any atom is 0.309 e. The number of carbonyl (C=O) groups is 1. The second-order valence-electron chi connectivity index (χ2n) is 5.51. The molecular formula is C18H19NO3. The van der Waals surface area contributed by atoms with Crippen molar-refractivity contribution in [2.45, 2.75) is 31.8 Å². The number of aromatic nitrogens is 1. The zero-order valence-corrected chi connectivity index (χ0v) is 12.6. The van der Waals surface area contributed by atoms with E-state index in [1.165, 1.54) is 0 Å². The Morgan fingerprint density at radius 2 is 1.95 bits per heavy atom. The summed E-state index contributed by atoms with van der Waals surface area (Å²) in [5.41, 5.74) is 1.90. The molecule has 1 aliphatic rings. The van der Waals surface area contributed by atoms with Crippen molar-refractivity contribution in [3.8, 4) is 0 Å². The van der Waals surface area contributed by atoms with Gasteiger partial charge in [0.15, 0.2) is 0 Å². The van der Waals surface area contributed by atoms with Crippen molar-refractivity contribution in [3.05, 3.63) is 65.0 Å². The van der Waals surface area contributed by atoms with Gasteiger partial charge in [0, 0.05) is 6.20 Å². The van der Waals surface area contributed by atoms with E-state index in [0.29, 0.717) is 12.3 Å². The lowest BCUT2D eigenvalue weighted by molar-refractivity contribution is -0.147. The monoisotopic (exact) mass is 297 g/mol. The minimum atomic E-state index is -1.43. The average Bonchev–Trinajstić information content (AvgIpc) is 2.64. The Morgan fingerprint density at radius 1 is 1.23 bits per heavy atom. The molecule has 1 atom stereocenters. The molecular weight excluding hydrogens is 278 g/mol. The van der Waals surface area contributed by atoms with Crippen molar-refractivity contribution in [2.24, 2.45) is 0 Å². The first kappa shape index (κ1) is 14.7. The lowest BCUT2D eigenvalue weighted by Crippen LogP contribution is -2.33. The molecule has 1 aromatic heterocycles. The van der Waals surface area contributed by atoms with E-state index < -0.39 is 11.6 Å². The van der Waals surface area contributed by atoms with Crippen LogP contribution < -0.4 is 0 Å². The van der Waals surface area contributed by atoms with Gasteiger partial charge in [-0.3, -0.25) is 9.78 Å². The van der Waals surface area contributed by atoms with Gasteiger partial charge in [-0.05, 0) is 42.5 Å². The van der Waals surface area contributed by atoms with Gasteiger partial charge in [0.25, 0.3) is 0 Å². The number of benzene rings is 1. The van der Waals surface area contributed by atoms with Crippen LogP contribution in [0, 0.1) is 0 Å². The van der Waals surface area contributed by atoms with Crippen LogP contribution in [0.1, 0.15) is 35.7 Å². The molecule has 0 saturated heterocycles. The minimum absolute atomic E-state index is 0.123. The van der Waals surface area contributed by atoms with E-state index in [0.717, 1.165) is 29.5 Å². The summed E-state index contributed by atoms with van der Waals surface area (Å²) in [4.78, 5) is 16.4. The lowest BCUT2D eigenvalue weighted by atomic mass is 9.84. The van der Waals surface area contributed by atoms with Crippen molar-refractivity contribution in [1.29, 1.82) is 0 Å². The fraction of sp³-hybridized carbons (Fsp3) is 0.333. The number of nitrogens with zero attached hydrogens (tertiary/aromatic N) is 1. The number of hydrogen-bond acceptors (Lipinski definition) is 4. The molecule has 114 valence electrons. The van der Waals surface area contributed by atoms with Gasteiger partial charge in [0.1, 0.15) is 5.60 Å². The molecule has 4 nitrogen and oxygen atoms in total. The summed E-state index contributed by atoms with van der Waals surface area (Å²) in [7, 11) is 0. The second-order valence-corrected chi connectivity index (χ2v) is 5.51. The summed E-state index contributed by atoms with van der Waals surface area (Å²) < 4.78 is 5.05. The Bertz CT molecular complexity index is 649. The zero-order chi connectivity index (χ0) is 15.6. The van der Waals surface area contributed by atoms with Crippen LogP contribution in [0.2, 0.25) is 0 Å². The molecule has 1 unspecified atom stereocenters. The Kier molecular flexibility index (Phi) is 3.94. The van der Waals surface area contributed by atoms with Crippen LogP contribution in [0.5, 0.6) is 0 Å². The summed E-state index contributed by atoms with van der Waals surface area (Å²) in [5, 5.41) is 11.4. The van der Waals surface area contributed by atoms with Crippen LogP contribution in [0.4, 0.5) is 0 Å². The highest BCUT2D eigenvalue weighted by atomic mass is 16.5. The SMILES string of the molecule is CCOC(=O)CC1(O)c2ccccc2CCc2cccnc21. The zero-order valence-electron chi connectivity index (χ0n) is 12.6. The molecule has 0 amide bonds. The number of aliphatic hydroxyl groups is 1. The topological polar surface area (TPSA) is 59.4 Å². The standard InChI is InChI=1S/C18H19NO3/c1-2-22-16(20)12-18(21)15-8-4-3-6-13(15)9-10-14-7-5-11-19-17(14)18/h3-8,11,21H,2,9-10,12H2,1H3. The first-order valence-electron chi connectivity index (χ1n) is 7.56. The number of pyridine rings is 1. The van der Waals surface area contributed by atoms with E-state index in [1.807, 2.05) is 36.4 Å². The molecule has 1 aromatic carbocycles. The molecule has 3 rings (SSSR count). The van der Waals surface area contributed by atoms with E-state index in [2.05, 4.69) is 4.98 Å². The highest BCUT2D eigenvalue weighted by molar-refractivity contribution is 5.72. The van der Waals surface area contributed by atoms with Gasteiger partial charge in [0.2, 0.25) is 0 Å². The van der Waals surface area contributed by atoms with Crippen LogP contribution in [0.15, 0.2) is 42.6 Å². The van der Waals surface area contributed by atoms with E-state index in [9.17, 15) is 9.90 Å². The number of rotatable bonds is 3. The first-order chi connectivity index (χ1) is 10.6. The van der Waals surface area contributed by atoms with Crippen molar-refractivity contribution >= 4 is 5.97 Å². The number of fused-ring (bicyclic) bond motifs is 2. The predicted molar refractivity (Wildman–Crippen MR) is 82.3 cm³/mol. The third-order valence-corrected chi connectivity index (χ3v) is 4.12. The van der Waals surface area contributed by atoms with E-state index in [1.54, 1.807) is 13.1 Å². The third kappa shape index (κ3) is 2.50. The summed E-state index contributed by atoms with van der Waals surface area (Å²) in [6.45, 7) is 2.06. The van der Waals surface area contributed by atoms with Gasteiger partial charge in [-0.25, -0.2) is 0 Å². The molecule has 0 fully saturated rings. The Hall–Kier alpha value is -2.20. The highest BCUT2D eigenvalue weighted by Crippen LogP contribution is 2.39. The Labute approximate surface area is 129 Å². The summed E-state index contributed by atoms with van der Waals surface area (Å²) in [6, 6.07) is 11.5. The Morgan fingerprint density at radius 3 is 2.77 bits per heavy atom. The number of carbonyl (C=O) groups excluding carboxylic acids is 1. The molecule has 1 heterocycles. The summed E-state index contributed by atoms with van der Waals surface area (Å²) in [6.07, 6.45) is 3.15. The predicted octanol–water partition coefficient (Wildman–Crippen LogP) is 2.37. The minimum Gasteiger partial charge on any atom is -0.466 e. The molecule has 2 aromatic rings. The van der Waals surface area contributed by atoms with Crippen molar-refractivity contribution in [2.75, 3.05) is 6.61 Å². The molecule has 0 saturated carbocycles. The number of hydrogen-bond donors (Lipinski definition) is 1. The summed E-state index contributed by atoms with van der Waals surface area (Å²) >= 11 is 0. The van der Waals surface area contributed by atoms with Crippen LogP contribution in [0.3, 0.4) is 0 Å². The molecule has 22 heavy (non-hydrogen) atoms. The number of aryl methyl sites for hydroxylation is 2. The van der Waals surface area contributed by atoms with Crippen LogP contribution in [-0.4, -0.2) is 22.7 Å². The molecule has 0 aliphatic heterocycles. The Balaban J connectivity index is 2.15. The van der Waals surface area contributed by atoms with E-state index >= 15 is 0 Å². The normalized spacial score (nSPS) is 19.7. The summed E-state index contributed by atoms with van der Waals surface area (Å²) in [5.74, 6) is -0.418. The van der Waals surface area contributed by atoms with Crippen LogP contribution in [0.25, 0.3) is 0 Å². The molecule has 1 N–H and O–H groups in total. The van der Waals surface area contributed by atoms with E-state index in [-0.39, 0.29) is 6.42 Å². The van der Waals surface area contributed by atoms with Gasteiger partial charge < -0.3 is 9.84 Å². The van der Waals surface area contributed by atoms with Crippen molar-refractivity contribution in [3.63, 3.8) is 0 Å². The van der Waals surface area contributed by atoms with Gasteiger partial charge in [-0.2, -0.15) is 0 Å². The molecule has 0 spiro atoms. The molecule has 4 heteroatoms. The highest BCUT2D eigenvalue weighted by Gasteiger charge is 2.40. The van der Waals surface area contributed by atoms with Gasteiger partial charge >= 0.3 is 5.97 Å². The maximum absolute atomic E-state index is 12.0. The van der Waals surface area contributed by atoms with E-state index in [4.69, 9.17) is 4.74 Å². The largest absolute Gasteiger partial charge is 0.466 e. The molecule has 0 radical (unpaired) electrons. The number of ether oxygens (including phenoxy) is 1. The molecule has 1 aliphatic carbocycles. The van der Waals surface area contributed by atoms with Crippen LogP contribution >= 0.6 is 0 Å². The average molecular weight is 297 g/mol. The van der Waals surface area contributed by atoms with Gasteiger partial charge in [-0.1, -0.05) is 30.3 Å². The smallest absolute Gasteiger partial charge is 0.309 e. The fourth-order valence-corrected chi connectivity index (χ4v) is 3.15. The van der Waals surface area contributed by atoms with Gasteiger partial charge in [-0.15, -0.1) is 0 Å². The lowest BCUT2D eigenvalue weighted by Gasteiger charge is -2.28. The molecule has 0 bridgehead atoms.